The van der Waals surface area contributed by atoms with Crippen LogP contribution in [0.3, 0.4) is 0 Å². The van der Waals surface area contributed by atoms with Crippen LogP contribution in [0, 0.1) is 6.92 Å². The van der Waals surface area contributed by atoms with Gasteiger partial charge in [-0.1, -0.05) is 24.3 Å². The molecule has 1 heterocycles. The second-order valence-corrected chi connectivity index (χ2v) is 6.95. The van der Waals surface area contributed by atoms with E-state index >= 15 is 0 Å². The van der Waals surface area contributed by atoms with Gasteiger partial charge in [0.15, 0.2) is 11.5 Å². The van der Waals surface area contributed by atoms with E-state index in [1.54, 1.807) is 44.7 Å². The maximum atomic E-state index is 12.4. The van der Waals surface area contributed by atoms with Gasteiger partial charge in [0, 0.05) is 11.1 Å². The number of nitrogens with zero attached hydrogens (tertiary/aromatic N) is 2. The molecule has 0 saturated heterocycles. The number of nitrogens with one attached hydrogen (secondary N) is 2. The average molecular weight is 414 g/mol. The number of aromatic nitrogens is 2. The number of imidazole rings is 1. The Labute approximate surface area is 179 Å². The molecule has 0 unspecified atom stereocenters. The Balaban J connectivity index is 1.44. The summed E-state index contributed by atoms with van der Waals surface area (Å²) in [5.41, 5.74) is 7.76. The lowest BCUT2D eigenvalue weighted by Gasteiger charge is -2.07. The topological polar surface area (TPSA) is 88.6 Å². The van der Waals surface area contributed by atoms with E-state index in [9.17, 15) is 4.79 Å². The van der Waals surface area contributed by atoms with Gasteiger partial charge in [0.1, 0.15) is 5.82 Å². The van der Waals surface area contributed by atoms with Gasteiger partial charge in [-0.15, -0.1) is 0 Å². The molecule has 1 amide bonds. The van der Waals surface area contributed by atoms with Gasteiger partial charge in [-0.3, -0.25) is 4.79 Å². The molecule has 4 aromatic rings. The van der Waals surface area contributed by atoms with Crippen molar-refractivity contribution in [3.63, 3.8) is 0 Å². The number of amides is 1. The van der Waals surface area contributed by atoms with E-state index in [2.05, 4.69) is 20.5 Å². The van der Waals surface area contributed by atoms with Crippen LogP contribution in [0.15, 0.2) is 65.8 Å². The number of carbonyl (C=O) groups is 1. The third-order valence-corrected chi connectivity index (χ3v) is 4.92. The van der Waals surface area contributed by atoms with Crippen LogP contribution < -0.4 is 14.9 Å². The van der Waals surface area contributed by atoms with E-state index in [1.165, 1.54) is 0 Å². The van der Waals surface area contributed by atoms with Gasteiger partial charge >= 0.3 is 0 Å². The Hall–Kier alpha value is -4.13. The molecule has 3 aromatic carbocycles. The van der Waals surface area contributed by atoms with Crippen LogP contribution in [-0.4, -0.2) is 36.3 Å². The highest BCUT2D eigenvalue weighted by molar-refractivity contribution is 5.95. The molecule has 0 spiro atoms. The summed E-state index contributed by atoms with van der Waals surface area (Å²) in [5.74, 6) is 1.68. The van der Waals surface area contributed by atoms with E-state index in [-0.39, 0.29) is 5.91 Å². The molecule has 1 aromatic heterocycles. The van der Waals surface area contributed by atoms with Crippen LogP contribution in [0.1, 0.15) is 21.5 Å². The van der Waals surface area contributed by atoms with Gasteiger partial charge in [0.05, 0.1) is 31.5 Å². The summed E-state index contributed by atoms with van der Waals surface area (Å²) >= 11 is 0. The Morgan fingerprint density at radius 3 is 2.52 bits per heavy atom. The van der Waals surface area contributed by atoms with E-state index in [0.717, 1.165) is 33.5 Å². The number of aromatic amines is 1. The quantitative estimate of drug-likeness (QED) is 0.363. The number of carbonyl (C=O) groups excluding carboxylic acids is 1. The van der Waals surface area contributed by atoms with Crippen molar-refractivity contribution in [1.82, 2.24) is 15.4 Å². The number of rotatable bonds is 6. The Morgan fingerprint density at radius 2 is 1.81 bits per heavy atom. The summed E-state index contributed by atoms with van der Waals surface area (Å²) < 4.78 is 10.5. The molecule has 0 radical (unpaired) electrons. The minimum atomic E-state index is -0.302. The predicted molar refractivity (Wildman–Crippen MR) is 121 cm³/mol. The highest BCUT2D eigenvalue weighted by atomic mass is 16.5. The third kappa shape index (κ3) is 4.25. The summed E-state index contributed by atoms with van der Waals surface area (Å²) in [5, 5.41) is 4.03. The fourth-order valence-electron chi connectivity index (χ4n) is 3.25. The van der Waals surface area contributed by atoms with Crippen molar-refractivity contribution in [2.24, 2.45) is 5.10 Å². The first-order valence-corrected chi connectivity index (χ1v) is 9.70. The number of para-hydroxylation sites is 1. The van der Waals surface area contributed by atoms with Crippen LogP contribution in [0.2, 0.25) is 0 Å². The zero-order valence-corrected chi connectivity index (χ0v) is 17.5. The molecule has 7 nitrogen and oxygen atoms in total. The normalized spacial score (nSPS) is 11.1. The standard InChI is InChI=1S/C24H22N4O3/c1-15-5-4-6-19-22(15)27-23(26-19)17-8-10-18(11-9-17)24(29)28-25-14-16-7-12-20(30-2)21(13-16)31-3/h4-14H,1-3H3,(H,26,27)(H,28,29)/b25-14+. The number of aryl methyl sites for hydroxylation is 1. The van der Waals surface area contributed by atoms with Crippen LogP contribution in [0.4, 0.5) is 0 Å². The molecule has 0 bridgehead atoms. The summed E-state index contributed by atoms with van der Waals surface area (Å²) in [6, 6.07) is 18.6. The Kier molecular flexibility index (Phi) is 5.66. The van der Waals surface area contributed by atoms with Gasteiger partial charge in [-0.2, -0.15) is 5.10 Å². The minimum absolute atomic E-state index is 0.302. The Morgan fingerprint density at radius 1 is 1.03 bits per heavy atom. The summed E-state index contributed by atoms with van der Waals surface area (Å²) in [4.78, 5) is 20.4. The molecule has 0 aliphatic carbocycles. The molecule has 7 heteroatoms. The molecule has 0 fully saturated rings. The second-order valence-electron chi connectivity index (χ2n) is 6.95. The van der Waals surface area contributed by atoms with Crippen molar-refractivity contribution in [3.8, 4) is 22.9 Å². The van der Waals surface area contributed by atoms with Gasteiger partial charge in [0.25, 0.3) is 5.91 Å². The lowest BCUT2D eigenvalue weighted by Crippen LogP contribution is -2.17. The smallest absolute Gasteiger partial charge is 0.271 e. The monoisotopic (exact) mass is 414 g/mol. The first kappa shape index (κ1) is 20.2. The molecule has 4 rings (SSSR count). The van der Waals surface area contributed by atoms with Crippen molar-refractivity contribution in [2.45, 2.75) is 6.92 Å². The highest BCUT2D eigenvalue weighted by Gasteiger charge is 2.09. The molecule has 31 heavy (non-hydrogen) atoms. The second kappa shape index (κ2) is 8.71. The van der Waals surface area contributed by atoms with E-state index in [1.807, 2.05) is 43.3 Å². The first-order valence-electron chi connectivity index (χ1n) is 9.70. The number of benzene rings is 3. The number of H-pyrrole nitrogens is 1. The average Bonchev–Trinajstić information content (AvgIpc) is 3.25. The summed E-state index contributed by atoms with van der Waals surface area (Å²) in [6.45, 7) is 2.03. The lowest BCUT2D eigenvalue weighted by molar-refractivity contribution is 0.0955. The molecule has 156 valence electrons. The van der Waals surface area contributed by atoms with Crippen LogP contribution in [-0.2, 0) is 0 Å². The van der Waals surface area contributed by atoms with Gasteiger partial charge < -0.3 is 14.5 Å². The van der Waals surface area contributed by atoms with Crippen LogP contribution in [0.5, 0.6) is 11.5 Å². The highest BCUT2D eigenvalue weighted by Crippen LogP contribution is 2.27. The van der Waals surface area contributed by atoms with Gasteiger partial charge in [0.2, 0.25) is 0 Å². The summed E-state index contributed by atoms with van der Waals surface area (Å²) in [6.07, 6.45) is 1.55. The third-order valence-electron chi connectivity index (χ3n) is 4.92. The first-order chi connectivity index (χ1) is 15.1. The lowest BCUT2D eigenvalue weighted by atomic mass is 10.1. The number of hydrazone groups is 1. The van der Waals surface area contributed by atoms with Crippen LogP contribution in [0.25, 0.3) is 22.4 Å². The molecule has 0 saturated carbocycles. The SMILES string of the molecule is COc1ccc(/C=N/NC(=O)c2ccc(-c3nc4c(C)cccc4[nH]3)cc2)cc1OC. The van der Waals surface area contributed by atoms with Crippen molar-refractivity contribution in [1.29, 1.82) is 0 Å². The van der Waals surface area contributed by atoms with Gasteiger partial charge in [-0.05, 0) is 54.4 Å². The summed E-state index contributed by atoms with van der Waals surface area (Å²) in [7, 11) is 3.14. The number of ether oxygens (including phenoxy) is 2. The maximum absolute atomic E-state index is 12.4. The number of methoxy groups -OCH3 is 2. The zero-order chi connectivity index (χ0) is 21.8. The van der Waals surface area contributed by atoms with Crippen molar-refractivity contribution in [2.75, 3.05) is 14.2 Å². The molecular weight excluding hydrogens is 392 g/mol. The molecule has 0 aliphatic heterocycles. The molecule has 2 N–H and O–H groups in total. The maximum Gasteiger partial charge on any atom is 0.271 e. The fraction of sp³-hybridized carbons (Fsp3) is 0.125. The zero-order valence-electron chi connectivity index (χ0n) is 17.5. The van der Waals surface area contributed by atoms with Crippen molar-refractivity contribution >= 4 is 23.2 Å². The van der Waals surface area contributed by atoms with Crippen LogP contribution >= 0.6 is 0 Å². The van der Waals surface area contributed by atoms with Crippen molar-refractivity contribution < 1.29 is 14.3 Å². The van der Waals surface area contributed by atoms with E-state index in [0.29, 0.717) is 17.1 Å². The number of fused-ring (bicyclic) bond motifs is 1. The minimum Gasteiger partial charge on any atom is -0.493 e. The number of hydrogen-bond acceptors (Lipinski definition) is 5. The van der Waals surface area contributed by atoms with E-state index < -0.39 is 0 Å². The Bertz CT molecular complexity index is 1260. The largest absolute Gasteiger partial charge is 0.493 e. The molecular formula is C24H22N4O3. The molecule has 0 atom stereocenters. The van der Waals surface area contributed by atoms with Gasteiger partial charge in [-0.25, -0.2) is 10.4 Å². The fourth-order valence-corrected chi connectivity index (χ4v) is 3.25. The molecule has 0 aliphatic rings. The predicted octanol–water partition coefficient (Wildman–Crippen LogP) is 4.32. The number of hydrogen-bond donors (Lipinski definition) is 2. The van der Waals surface area contributed by atoms with E-state index in [4.69, 9.17) is 9.47 Å². The van der Waals surface area contributed by atoms with Crippen molar-refractivity contribution in [3.05, 3.63) is 77.4 Å².